The van der Waals surface area contributed by atoms with Crippen LogP contribution in [0.3, 0.4) is 0 Å². The first-order valence-corrected chi connectivity index (χ1v) is 4.48. The quantitative estimate of drug-likeness (QED) is 0.766. The molecule has 68 valence electrons. The Morgan fingerprint density at radius 2 is 2.31 bits per heavy atom. The van der Waals surface area contributed by atoms with Crippen LogP contribution in [0, 0.1) is 17.1 Å². The molecule has 1 aromatic carbocycles. The summed E-state index contributed by atoms with van der Waals surface area (Å²) < 4.78 is 18.5. The van der Waals surface area contributed by atoms with Crippen molar-refractivity contribution in [3.05, 3.63) is 28.5 Å². The summed E-state index contributed by atoms with van der Waals surface area (Å²) in [6, 6.07) is 6.12. The van der Waals surface area contributed by atoms with Gasteiger partial charge in [-0.1, -0.05) is 0 Å². The fourth-order valence-corrected chi connectivity index (χ4v) is 1.16. The molecule has 0 amide bonds. The van der Waals surface area contributed by atoms with E-state index >= 15 is 0 Å². The summed E-state index contributed by atoms with van der Waals surface area (Å²) in [6.45, 7) is 0.276. The summed E-state index contributed by atoms with van der Waals surface area (Å²) in [5, 5.41) is 8.25. The third-order valence-electron chi connectivity index (χ3n) is 1.36. The molecule has 0 saturated heterocycles. The molecule has 1 aromatic rings. The van der Waals surface area contributed by atoms with Gasteiger partial charge >= 0.3 is 0 Å². The Bertz CT molecular complexity index is 335. The number of nitriles is 1. The maximum Gasteiger partial charge on any atom is 0.136 e. The molecule has 13 heavy (non-hydrogen) atoms. The second-order valence-electron chi connectivity index (χ2n) is 2.33. The van der Waals surface area contributed by atoms with E-state index in [4.69, 9.17) is 10.00 Å². The van der Waals surface area contributed by atoms with E-state index in [2.05, 4.69) is 15.9 Å². The maximum absolute atomic E-state index is 12.7. The molecule has 0 aliphatic carbocycles. The zero-order valence-electron chi connectivity index (χ0n) is 6.76. The molecule has 0 spiro atoms. The Kier molecular flexibility index (Phi) is 3.71. The van der Waals surface area contributed by atoms with Gasteiger partial charge in [0.25, 0.3) is 0 Å². The topological polar surface area (TPSA) is 33.0 Å². The molecule has 0 saturated carbocycles. The highest BCUT2D eigenvalue weighted by atomic mass is 79.9. The summed E-state index contributed by atoms with van der Waals surface area (Å²) in [7, 11) is 0. The number of benzene rings is 1. The smallest absolute Gasteiger partial charge is 0.136 e. The van der Waals surface area contributed by atoms with Crippen molar-refractivity contribution in [2.75, 3.05) is 6.61 Å². The summed E-state index contributed by atoms with van der Waals surface area (Å²) in [6.07, 6.45) is 0.295. The van der Waals surface area contributed by atoms with E-state index in [-0.39, 0.29) is 12.4 Å². The van der Waals surface area contributed by atoms with Crippen LogP contribution in [0.1, 0.15) is 6.42 Å². The van der Waals surface area contributed by atoms with Gasteiger partial charge in [0, 0.05) is 6.07 Å². The largest absolute Gasteiger partial charge is 0.491 e. The normalized spacial score (nSPS) is 9.31. The molecular weight excluding hydrogens is 237 g/mol. The lowest BCUT2D eigenvalue weighted by Crippen LogP contribution is -1.96. The molecule has 0 bridgehead atoms. The van der Waals surface area contributed by atoms with Gasteiger partial charge in [0.2, 0.25) is 0 Å². The van der Waals surface area contributed by atoms with E-state index in [9.17, 15) is 4.39 Å². The standard InChI is InChI=1S/C9H7BrFNO/c10-8-3-2-7(11)6-9(8)13-5-1-4-12/h2-3,6H,1,5H2. The molecule has 0 unspecified atom stereocenters. The number of ether oxygens (including phenoxy) is 1. The van der Waals surface area contributed by atoms with Crippen molar-refractivity contribution in [2.45, 2.75) is 6.42 Å². The minimum Gasteiger partial charge on any atom is -0.491 e. The van der Waals surface area contributed by atoms with Crippen LogP contribution in [0.5, 0.6) is 5.75 Å². The molecule has 0 fully saturated rings. The molecule has 1 rings (SSSR count). The molecule has 0 N–H and O–H groups in total. The van der Waals surface area contributed by atoms with Gasteiger partial charge in [-0.3, -0.25) is 0 Å². The van der Waals surface area contributed by atoms with E-state index in [0.717, 1.165) is 0 Å². The summed E-state index contributed by atoms with van der Waals surface area (Å²) in [5.41, 5.74) is 0. The van der Waals surface area contributed by atoms with Crippen molar-refractivity contribution in [3.63, 3.8) is 0 Å². The van der Waals surface area contributed by atoms with Gasteiger partial charge in [-0.25, -0.2) is 4.39 Å². The predicted octanol–water partition coefficient (Wildman–Crippen LogP) is 2.88. The number of hydrogen-bond acceptors (Lipinski definition) is 2. The van der Waals surface area contributed by atoms with E-state index < -0.39 is 0 Å². The van der Waals surface area contributed by atoms with Gasteiger partial charge in [0.05, 0.1) is 17.0 Å². The maximum atomic E-state index is 12.7. The van der Waals surface area contributed by atoms with Crippen LogP contribution < -0.4 is 4.74 Å². The van der Waals surface area contributed by atoms with E-state index in [0.29, 0.717) is 16.6 Å². The van der Waals surface area contributed by atoms with Gasteiger partial charge in [-0.2, -0.15) is 5.26 Å². The van der Waals surface area contributed by atoms with Gasteiger partial charge in [-0.15, -0.1) is 0 Å². The van der Waals surface area contributed by atoms with E-state index in [1.54, 1.807) is 6.07 Å². The SMILES string of the molecule is N#CCCOc1cc(F)ccc1Br. The van der Waals surface area contributed by atoms with Crippen molar-refractivity contribution >= 4 is 15.9 Å². The first-order valence-electron chi connectivity index (χ1n) is 3.69. The van der Waals surface area contributed by atoms with Crippen molar-refractivity contribution in [2.24, 2.45) is 0 Å². The lowest BCUT2D eigenvalue weighted by atomic mass is 10.3. The average Bonchev–Trinajstić information content (AvgIpc) is 2.11. The molecule has 4 heteroatoms. The van der Waals surface area contributed by atoms with Crippen LogP contribution in [0.4, 0.5) is 4.39 Å². The lowest BCUT2D eigenvalue weighted by Gasteiger charge is -2.05. The zero-order valence-corrected chi connectivity index (χ0v) is 8.34. The molecule has 2 nitrogen and oxygen atoms in total. The second-order valence-corrected chi connectivity index (χ2v) is 3.19. The minimum absolute atomic E-state index is 0.276. The van der Waals surface area contributed by atoms with Gasteiger partial charge in [-0.05, 0) is 28.1 Å². The first-order chi connectivity index (χ1) is 6.24. The molecule has 0 heterocycles. The summed E-state index contributed by atoms with van der Waals surface area (Å²) >= 11 is 3.21. The van der Waals surface area contributed by atoms with Crippen molar-refractivity contribution in [3.8, 4) is 11.8 Å². The number of nitrogens with zero attached hydrogens (tertiary/aromatic N) is 1. The Morgan fingerprint density at radius 3 is 3.00 bits per heavy atom. The molecule has 0 aromatic heterocycles. The number of halogens is 2. The zero-order chi connectivity index (χ0) is 9.68. The third kappa shape index (κ3) is 3.03. The Morgan fingerprint density at radius 1 is 1.54 bits per heavy atom. The Balaban J connectivity index is 2.65. The first kappa shape index (κ1) is 10.0. The van der Waals surface area contributed by atoms with Crippen LogP contribution in [0.2, 0.25) is 0 Å². The second kappa shape index (κ2) is 4.83. The Labute approximate surface area is 84.1 Å². The number of rotatable bonds is 3. The monoisotopic (exact) mass is 243 g/mol. The van der Waals surface area contributed by atoms with Crippen LogP contribution in [0.15, 0.2) is 22.7 Å². The highest BCUT2D eigenvalue weighted by molar-refractivity contribution is 9.10. The average molecular weight is 244 g/mol. The van der Waals surface area contributed by atoms with Crippen LogP contribution in [-0.4, -0.2) is 6.61 Å². The van der Waals surface area contributed by atoms with Crippen LogP contribution in [0.25, 0.3) is 0 Å². The van der Waals surface area contributed by atoms with Crippen LogP contribution >= 0.6 is 15.9 Å². The highest BCUT2D eigenvalue weighted by Gasteiger charge is 2.01. The molecule has 0 aliphatic heterocycles. The van der Waals surface area contributed by atoms with Gasteiger partial charge in [0.15, 0.2) is 0 Å². The third-order valence-corrected chi connectivity index (χ3v) is 2.02. The minimum atomic E-state index is -0.352. The highest BCUT2D eigenvalue weighted by Crippen LogP contribution is 2.25. The van der Waals surface area contributed by atoms with Crippen molar-refractivity contribution in [1.29, 1.82) is 5.26 Å². The van der Waals surface area contributed by atoms with Crippen molar-refractivity contribution in [1.82, 2.24) is 0 Å². The van der Waals surface area contributed by atoms with Gasteiger partial charge in [0.1, 0.15) is 18.2 Å². The van der Waals surface area contributed by atoms with Gasteiger partial charge < -0.3 is 4.74 Å². The predicted molar refractivity (Wildman–Crippen MR) is 49.8 cm³/mol. The molecule has 0 radical (unpaired) electrons. The summed E-state index contributed by atoms with van der Waals surface area (Å²) in [4.78, 5) is 0. The fourth-order valence-electron chi connectivity index (χ4n) is 0.794. The molecular formula is C9H7BrFNO. The fraction of sp³-hybridized carbons (Fsp3) is 0.222. The molecule has 0 aliphatic rings. The van der Waals surface area contributed by atoms with E-state index in [1.807, 2.05) is 6.07 Å². The van der Waals surface area contributed by atoms with Crippen molar-refractivity contribution < 1.29 is 9.13 Å². The molecule has 0 atom stereocenters. The number of hydrogen-bond donors (Lipinski definition) is 0. The van der Waals surface area contributed by atoms with E-state index in [1.165, 1.54) is 12.1 Å². The van der Waals surface area contributed by atoms with Crippen LogP contribution in [-0.2, 0) is 0 Å². The summed E-state index contributed by atoms with van der Waals surface area (Å²) in [5.74, 6) is 0.0745. The lowest BCUT2D eigenvalue weighted by molar-refractivity contribution is 0.323. The Hall–Kier alpha value is -1.08.